The maximum atomic E-state index is 5.56. The second kappa shape index (κ2) is 14.7. The highest BCUT2D eigenvalue weighted by Crippen LogP contribution is 2.30. The molecule has 0 saturated carbocycles. The van der Waals surface area contributed by atoms with Gasteiger partial charge in [-0.15, -0.1) is 24.0 Å². The number of unbranched alkanes of at least 4 members (excludes halogenated alkanes) is 1. The molecule has 0 amide bonds. The third-order valence-electron chi connectivity index (χ3n) is 3.90. The van der Waals surface area contributed by atoms with Crippen LogP contribution in [0.4, 0.5) is 11.5 Å². The zero-order valence-corrected chi connectivity index (χ0v) is 19.7. The molecule has 29 heavy (non-hydrogen) atoms. The highest BCUT2D eigenvalue weighted by Gasteiger charge is 2.06. The first-order chi connectivity index (χ1) is 13.8. The first-order valence-electron chi connectivity index (χ1n) is 9.77. The summed E-state index contributed by atoms with van der Waals surface area (Å²) >= 11 is 0. The Labute approximate surface area is 190 Å². The summed E-state index contributed by atoms with van der Waals surface area (Å²) in [5.41, 5.74) is 0.900. The molecule has 0 aliphatic rings. The van der Waals surface area contributed by atoms with Gasteiger partial charge in [-0.2, -0.15) is 0 Å². The maximum Gasteiger partial charge on any atom is 0.195 e. The molecule has 0 aliphatic heterocycles. The Hall–Kier alpha value is -2.23. The van der Waals surface area contributed by atoms with Gasteiger partial charge in [-0.1, -0.05) is 6.07 Å². The first-order valence-corrected chi connectivity index (χ1v) is 9.77. The van der Waals surface area contributed by atoms with E-state index >= 15 is 0 Å². The molecule has 0 bridgehead atoms. The van der Waals surface area contributed by atoms with Gasteiger partial charge in [0.05, 0.1) is 13.7 Å². The van der Waals surface area contributed by atoms with E-state index in [-0.39, 0.29) is 24.0 Å². The smallest absolute Gasteiger partial charge is 0.195 e. The van der Waals surface area contributed by atoms with Gasteiger partial charge in [0.1, 0.15) is 5.82 Å². The van der Waals surface area contributed by atoms with E-state index in [4.69, 9.17) is 9.47 Å². The Morgan fingerprint density at radius 3 is 2.66 bits per heavy atom. The van der Waals surface area contributed by atoms with Crippen LogP contribution in [0.5, 0.6) is 11.5 Å². The van der Waals surface area contributed by atoms with Crippen LogP contribution in [0.2, 0.25) is 0 Å². The lowest BCUT2D eigenvalue weighted by molar-refractivity contribution is 0.311. The Balaban J connectivity index is 0.00000420. The van der Waals surface area contributed by atoms with Gasteiger partial charge in [-0.25, -0.2) is 4.98 Å². The fraction of sp³-hybridized carbons (Fsp3) is 0.429. The van der Waals surface area contributed by atoms with E-state index in [1.54, 1.807) is 13.3 Å². The average Bonchev–Trinajstić information content (AvgIpc) is 2.72. The number of anilines is 2. The van der Waals surface area contributed by atoms with Gasteiger partial charge in [0.15, 0.2) is 17.5 Å². The van der Waals surface area contributed by atoms with Crippen LogP contribution in [-0.2, 0) is 0 Å². The minimum absolute atomic E-state index is 0. The Morgan fingerprint density at radius 2 is 1.97 bits per heavy atom. The molecule has 0 aliphatic carbocycles. The van der Waals surface area contributed by atoms with Gasteiger partial charge in [0.2, 0.25) is 0 Å². The molecule has 2 rings (SSSR count). The lowest BCUT2D eigenvalue weighted by atomic mass is 10.2. The minimum atomic E-state index is 0. The zero-order chi connectivity index (χ0) is 20.0. The van der Waals surface area contributed by atoms with Crippen molar-refractivity contribution in [3.05, 3.63) is 42.6 Å². The number of guanidine groups is 1. The number of hydrogen-bond donors (Lipinski definition) is 3. The quantitative estimate of drug-likeness (QED) is 0.179. The normalized spacial score (nSPS) is 10.7. The number of halogens is 1. The summed E-state index contributed by atoms with van der Waals surface area (Å²) in [6.07, 6.45) is 3.80. The number of rotatable bonds is 11. The molecule has 0 spiro atoms. The summed E-state index contributed by atoms with van der Waals surface area (Å²) in [6, 6.07) is 11.6. The van der Waals surface area contributed by atoms with Crippen molar-refractivity contribution in [2.45, 2.75) is 26.7 Å². The number of aliphatic imine (C=N–C) groups is 1. The standard InChI is InChI=1S/C21H31N5O2.HI/c1-4-22-21(25-15-9-8-14-24-20-10-6-7-13-23-20)26-17-11-12-18(28-5-2)19(16-17)27-3;/h6-7,10-13,16H,4-5,8-9,14-15H2,1-3H3,(H,23,24)(H2,22,25,26);1H. The summed E-state index contributed by atoms with van der Waals surface area (Å²) in [5, 5.41) is 9.89. The molecule has 1 aromatic heterocycles. The second-order valence-electron chi connectivity index (χ2n) is 6.03. The van der Waals surface area contributed by atoms with E-state index < -0.39 is 0 Å². The molecule has 160 valence electrons. The number of ether oxygens (including phenoxy) is 2. The van der Waals surface area contributed by atoms with Crippen LogP contribution in [0.3, 0.4) is 0 Å². The third-order valence-corrected chi connectivity index (χ3v) is 3.90. The Bertz CT molecular complexity index is 728. The molecule has 3 N–H and O–H groups in total. The zero-order valence-electron chi connectivity index (χ0n) is 17.4. The van der Waals surface area contributed by atoms with Crippen LogP contribution in [0.15, 0.2) is 47.6 Å². The molecular weight excluding hydrogens is 481 g/mol. The minimum Gasteiger partial charge on any atom is -0.493 e. The molecule has 0 radical (unpaired) electrons. The molecule has 0 fully saturated rings. The predicted molar refractivity (Wildman–Crippen MR) is 131 cm³/mol. The van der Waals surface area contributed by atoms with Gasteiger partial charge < -0.3 is 25.4 Å². The molecule has 0 unspecified atom stereocenters. The molecule has 1 heterocycles. The summed E-state index contributed by atoms with van der Waals surface area (Å²) in [4.78, 5) is 8.90. The van der Waals surface area contributed by atoms with E-state index in [1.807, 2.05) is 50.2 Å². The van der Waals surface area contributed by atoms with Crippen molar-refractivity contribution in [3.8, 4) is 11.5 Å². The lowest BCUT2D eigenvalue weighted by Crippen LogP contribution is -2.30. The third kappa shape index (κ3) is 9.21. The summed E-state index contributed by atoms with van der Waals surface area (Å²) < 4.78 is 11.0. The topological polar surface area (TPSA) is 79.8 Å². The van der Waals surface area contributed by atoms with Crippen LogP contribution in [0, 0.1) is 0 Å². The Kier molecular flexibility index (Phi) is 12.6. The van der Waals surface area contributed by atoms with E-state index in [9.17, 15) is 0 Å². The fourth-order valence-electron chi connectivity index (χ4n) is 2.58. The van der Waals surface area contributed by atoms with Crippen LogP contribution >= 0.6 is 24.0 Å². The Morgan fingerprint density at radius 1 is 1.10 bits per heavy atom. The predicted octanol–water partition coefficient (Wildman–Crippen LogP) is 4.38. The molecule has 1 aromatic carbocycles. The van der Waals surface area contributed by atoms with Crippen molar-refractivity contribution in [2.24, 2.45) is 4.99 Å². The van der Waals surface area contributed by atoms with Crippen molar-refractivity contribution in [2.75, 3.05) is 44.0 Å². The lowest BCUT2D eigenvalue weighted by Gasteiger charge is -2.14. The number of hydrogen-bond acceptors (Lipinski definition) is 5. The van der Waals surface area contributed by atoms with Crippen molar-refractivity contribution in [3.63, 3.8) is 0 Å². The number of nitrogens with zero attached hydrogens (tertiary/aromatic N) is 2. The van der Waals surface area contributed by atoms with E-state index in [2.05, 4.69) is 25.9 Å². The van der Waals surface area contributed by atoms with Crippen molar-refractivity contribution in [1.29, 1.82) is 0 Å². The van der Waals surface area contributed by atoms with Crippen LogP contribution in [-0.4, -0.2) is 44.3 Å². The van der Waals surface area contributed by atoms with Gasteiger partial charge in [0.25, 0.3) is 0 Å². The van der Waals surface area contributed by atoms with Crippen molar-refractivity contribution >= 4 is 41.4 Å². The highest BCUT2D eigenvalue weighted by atomic mass is 127. The van der Waals surface area contributed by atoms with Gasteiger partial charge in [-0.05, 0) is 51.0 Å². The van der Waals surface area contributed by atoms with Crippen LogP contribution in [0.25, 0.3) is 0 Å². The summed E-state index contributed by atoms with van der Waals surface area (Å²) in [7, 11) is 1.64. The monoisotopic (exact) mass is 513 g/mol. The van der Waals surface area contributed by atoms with Crippen molar-refractivity contribution < 1.29 is 9.47 Å². The SMILES string of the molecule is CCNC(=NCCCCNc1ccccn1)Nc1ccc(OCC)c(OC)c1.I. The summed E-state index contributed by atoms with van der Waals surface area (Å²) in [6.45, 7) is 7.02. The van der Waals surface area contributed by atoms with E-state index in [0.29, 0.717) is 12.4 Å². The van der Waals surface area contributed by atoms with Crippen LogP contribution < -0.4 is 25.4 Å². The van der Waals surface area contributed by atoms with Gasteiger partial charge in [0, 0.05) is 37.6 Å². The first kappa shape index (κ1) is 24.8. The number of aromatic nitrogens is 1. The van der Waals surface area contributed by atoms with E-state index in [0.717, 1.165) is 55.7 Å². The number of methoxy groups -OCH3 is 1. The molecule has 8 heteroatoms. The molecule has 2 aromatic rings. The average molecular weight is 513 g/mol. The number of pyridine rings is 1. The van der Waals surface area contributed by atoms with Gasteiger partial charge >= 0.3 is 0 Å². The molecule has 0 saturated heterocycles. The number of nitrogens with one attached hydrogen (secondary N) is 3. The maximum absolute atomic E-state index is 5.56. The van der Waals surface area contributed by atoms with Crippen LogP contribution in [0.1, 0.15) is 26.7 Å². The van der Waals surface area contributed by atoms with Gasteiger partial charge in [-0.3, -0.25) is 4.99 Å². The highest BCUT2D eigenvalue weighted by molar-refractivity contribution is 14.0. The molecular formula is C21H32IN5O2. The molecule has 0 atom stereocenters. The summed E-state index contributed by atoms with van der Waals surface area (Å²) in [5.74, 6) is 3.10. The fourth-order valence-corrected chi connectivity index (χ4v) is 2.58. The van der Waals surface area contributed by atoms with Crippen molar-refractivity contribution in [1.82, 2.24) is 10.3 Å². The number of benzene rings is 1. The van der Waals surface area contributed by atoms with E-state index in [1.165, 1.54) is 0 Å². The second-order valence-corrected chi connectivity index (χ2v) is 6.03. The largest absolute Gasteiger partial charge is 0.493 e. The molecule has 7 nitrogen and oxygen atoms in total.